The molecule has 0 aromatic heterocycles. The lowest BCUT2D eigenvalue weighted by molar-refractivity contribution is 0.259. The van der Waals surface area contributed by atoms with Crippen molar-refractivity contribution in [3.8, 4) is 11.5 Å². The molecule has 1 N–H and O–H groups in total. The number of nitrogens with zero attached hydrogens (tertiary/aromatic N) is 1. The van der Waals surface area contributed by atoms with Gasteiger partial charge in [-0.25, -0.2) is 0 Å². The van der Waals surface area contributed by atoms with Gasteiger partial charge in [-0.3, -0.25) is 4.90 Å². The van der Waals surface area contributed by atoms with Crippen LogP contribution in [0.1, 0.15) is 37.8 Å². The molecular weight excluding hydrogens is 514 g/mol. The highest BCUT2D eigenvalue weighted by Gasteiger charge is 2.22. The lowest BCUT2D eigenvalue weighted by atomic mass is 10.1. The molecule has 0 aliphatic carbocycles. The van der Waals surface area contributed by atoms with Crippen molar-refractivity contribution >= 4 is 59.6 Å². The molecule has 0 spiro atoms. The lowest BCUT2D eigenvalue weighted by Crippen LogP contribution is -2.37. The van der Waals surface area contributed by atoms with Crippen LogP contribution in [-0.4, -0.2) is 37.2 Å². The van der Waals surface area contributed by atoms with Crippen LogP contribution >= 0.6 is 59.6 Å². The molecule has 1 atom stereocenters. The molecule has 0 radical (unpaired) electrons. The number of rotatable bonds is 10. The second-order valence-corrected chi connectivity index (χ2v) is 8.67. The monoisotopic (exact) mass is 542 g/mol. The molecule has 1 aliphatic rings. The third-order valence-electron chi connectivity index (χ3n) is 5.37. The molecule has 1 fully saturated rings. The van der Waals surface area contributed by atoms with E-state index in [9.17, 15) is 0 Å². The summed E-state index contributed by atoms with van der Waals surface area (Å²) in [7, 11) is 0. The van der Waals surface area contributed by atoms with Crippen molar-refractivity contribution in [3.63, 3.8) is 0 Å². The largest absolute Gasteiger partial charge is 0.490 e. The molecule has 32 heavy (non-hydrogen) atoms. The van der Waals surface area contributed by atoms with E-state index >= 15 is 0 Å². The molecule has 1 unspecified atom stereocenters. The zero-order valence-electron chi connectivity index (χ0n) is 18.3. The molecule has 0 bridgehead atoms. The van der Waals surface area contributed by atoms with E-state index in [4.69, 9.17) is 44.3 Å². The fourth-order valence-corrected chi connectivity index (χ4v) is 4.59. The highest BCUT2D eigenvalue weighted by Crippen LogP contribution is 2.37. The molecule has 3 rings (SSSR count). The van der Waals surface area contributed by atoms with Gasteiger partial charge in [0.2, 0.25) is 0 Å². The summed E-state index contributed by atoms with van der Waals surface area (Å²) in [5.74, 6) is 1.17. The molecule has 180 valence electrons. The normalized spacial score (nSPS) is 15.7. The Bertz CT molecular complexity index is 853. The number of ether oxygens (including phenoxy) is 2. The number of halogens is 5. The van der Waals surface area contributed by atoms with Crippen LogP contribution in [0.2, 0.25) is 15.1 Å². The summed E-state index contributed by atoms with van der Waals surface area (Å²) in [5, 5.41) is 5.25. The molecule has 0 amide bonds. The van der Waals surface area contributed by atoms with Gasteiger partial charge in [0.05, 0.1) is 11.6 Å². The van der Waals surface area contributed by atoms with E-state index in [-0.39, 0.29) is 31.4 Å². The summed E-state index contributed by atoms with van der Waals surface area (Å²) in [6, 6.07) is 9.88. The van der Waals surface area contributed by atoms with Crippen molar-refractivity contribution in [1.82, 2.24) is 10.2 Å². The standard InChI is InChI=1S/C23H29Cl3N2O2.2ClH/c1-3-28-9-5-6-19(28)14-27-13-16-10-21(26)23(22(11-16)29-4-2)30-15-17-7-8-18(24)12-20(17)25;;/h7-8,10-12,19,27H,3-6,9,13-15H2,1-2H3;2*1H. The third kappa shape index (κ3) is 8.02. The molecule has 2 aromatic carbocycles. The third-order valence-corrected chi connectivity index (χ3v) is 6.24. The molecule has 4 nitrogen and oxygen atoms in total. The molecule has 9 heteroatoms. The molecule has 1 aliphatic heterocycles. The maximum Gasteiger partial charge on any atom is 0.180 e. The Morgan fingerprint density at radius 3 is 2.50 bits per heavy atom. The predicted octanol–water partition coefficient (Wildman–Crippen LogP) is 7.04. The van der Waals surface area contributed by atoms with Gasteiger partial charge in [0.1, 0.15) is 6.61 Å². The summed E-state index contributed by atoms with van der Waals surface area (Å²) in [5.41, 5.74) is 1.91. The Labute approximate surface area is 218 Å². The average Bonchev–Trinajstić information content (AvgIpc) is 3.16. The van der Waals surface area contributed by atoms with Crippen LogP contribution in [0.3, 0.4) is 0 Å². The number of likely N-dealkylation sites (tertiary alicyclic amines) is 1. The van der Waals surface area contributed by atoms with Gasteiger partial charge in [-0.2, -0.15) is 0 Å². The van der Waals surface area contributed by atoms with Crippen LogP contribution in [0.5, 0.6) is 11.5 Å². The van der Waals surface area contributed by atoms with E-state index in [0.29, 0.717) is 39.2 Å². The molecule has 0 saturated carbocycles. The molecule has 2 aromatic rings. The summed E-state index contributed by atoms with van der Waals surface area (Å²) in [4.78, 5) is 2.53. The van der Waals surface area contributed by atoms with Crippen molar-refractivity contribution in [2.75, 3.05) is 26.2 Å². The van der Waals surface area contributed by atoms with Gasteiger partial charge in [0.15, 0.2) is 11.5 Å². The first kappa shape index (κ1) is 29.4. The van der Waals surface area contributed by atoms with E-state index in [1.807, 2.05) is 25.1 Å². The highest BCUT2D eigenvalue weighted by molar-refractivity contribution is 6.35. The topological polar surface area (TPSA) is 33.7 Å². The summed E-state index contributed by atoms with van der Waals surface area (Å²) < 4.78 is 11.8. The number of nitrogens with one attached hydrogen (secondary N) is 1. The molecular formula is C23H31Cl5N2O2. The Morgan fingerprint density at radius 2 is 1.81 bits per heavy atom. The van der Waals surface area contributed by atoms with Gasteiger partial charge in [-0.1, -0.05) is 47.8 Å². The molecule has 1 heterocycles. The van der Waals surface area contributed by atoms with Crippen LogP contribution in [0.15, 0.2) is 30.3 Å². The maximum atomic E-state index is 6.56. The second kappa shape index (κ2) is 14.6. The zero-order chi connectivity index (χ0) is 21.5. The molecule has 1 saturated heterocycles. The SMILES string of the molecule is CCOc1cc(CNCC2CCCN2CC)cc(Cl)c1OCc1ccc(Cl)cc1Cl.Cl.Cl. The first-order chi connectivity index (χ1) is 14.5. The number of hydrogen-bond acceptors (Lipinski definition) is 4. The van der Waals surface area contributed by atoms with Crippen molar-refractivity contribution in [1.29, 1.82) is 0 Å². The summed E-state index contributed by atoms with van der Waals surface area (Å²) >= 11 is 18.8. The van der Waals surface area contributed by atoms with E-state index in [1.54, 1.807) is 12.1 Å². The number of hydrogen-bond donors (Lipinski definition) is 1. The quantitative estimate of drug-likeness (QED) is 0.348. The van der Waals surface area contributed by atoms with Crippen LogP contribution in [0.4, 0.5) is 0 Å². The van der Waals surface area contributed by atoms with E-state index in [0.717, 1.165) is 30.8 Å². The van der Waals surface area contributed by atoms with Crippen molar-refractivity contribution in [3.05, 3.63) is 56.5 Å². The Morgan fingerprint density at radius 1 is 1.03 bits per heavy atom. The van der Waals surface area contributed by atoms with E-state index < -0.39 is 0 Å². The Balaban J connectivity index is 0.00000256. The smallest absolute Gasteiger partial charge is 0.180 e. The fourth-order valence-electron chi connectivity index (χ4n) is 3.84. The Hall–Kier alpha value is -0.590. The van der Waals surface area contributed by atoms with Gasteiger partial charge >= 0.3 is 0 Å². The minimum Gasteiger partial charge on any atom is -0.490 e. The number of benzene rings is 2. The van der Waals surface area contributed by atoms with E-state index in [1.165, 1.54) is 19.4 Å². The lowest BCUT2D eigenvalue weighted by Gasteiger charge is -2.23. The highest BCUT2D eigenvalue weighted by atomic mass is 35.5. The number of likely N-dealkylation sites (N-methyl/N-ethyl adjacent to an activating group) is 1. The first-order valence-electron chi connectivity index (χ1n) is 10.5. The van der Waals surface area contributed by atoms with E-state index in [2.05, 4.69) is 17.1 Å². The van der Waals surface area contributed by atoms with Crippen LogP contribution in [0, 0.1) is 0 Å². The average molecular weight is 545 g/mol. The minimum absolute atomic E-state index is 0. The van der Waals surface area contributed by atoms with Gasteiger partial charge in [-0.05, 0) is 62.7 Å². The predicted molar refractivity (Wildman–Crippen MR) is 140 cm³/mol. The van der Waals surface area contributed by atoms with Crippen molar-refractivity contribution in [2.45, 2.75) is 45.9 Å². The van der Waals surface area contributed by atoms with Crippen LogP contribution < -0.4 is 14.8 Å². The first-order valence-corrected chi connectivity index (χ1v) is 11.6. The van der Waals surface area contributed by atoms with Crippen molar-refractivity contribution in [2.24, 2.45) is 0 Å². The van der Waals surface area contributed by atoms with Crippen LogP contribution in [0.25, 0.3) is 0 Å². The minimum atomic E-state index is 0. The Kier molecular flexibility index (Phi) is 13.5. The summed E-state index contributed by atoms with van der Waals surface area (Å²) in [6.07, 6.45) is 2.54. The maximum absolute atomic E-state index is 6.56. The second-order valence-electron chi connectivity index (χ2n) is 7.42. The van der Waals surface area contributed by atoms with Gasteiger partial charge in [-0.15, -0.1) is 24.8 Å². The van der Waals surface area contributed by atoms with Gasteiger partial charge in [0.25, 0.3) is 0 Å². The van der Waals surface area contributed by atoms with Gasteiger partial charge in [0, 0.05) is 34.7 Å². The summed E-state index contributed by atoms with van der Waals surface area (Å²) in [6.45, 7) is 8.99. The zero-order valence-corrected chi connectivity index (χ0v) is 22.2. The van der Waals surface area contributed by atoms with Gasteiger partial charge < -0.3 is 14.8 Å². The van der Waals surface area contributed by atoms with Crippen molar-refractivity contribution < 1.29 is 9.47 Å². The van der Waals surface area contributed by atoms with Crippen LogP contribution in [-0.2, 0) is 13.2 Å². The fraction of sp³-hybridized carbons (Fsp3) is 0.478.